The summed E-state index contributed by atoms with van der Waals surface area (Å²) >= 11 is 22.9. The normalized spacial score (nSPS) is 12.5. The fourth-order valence-electron chi connectivity index (χ4n) is 3.68. The molecule has 33 heavy (non-hydrogen) atoms. The van der Waals surface area contributed by atoms with E-state index in [2.05, 4.69) is 35.1 Å². The van der Waals surface area contributed by atoms with Gasteiger partial charge >= 0.3 is 0 Å². The van der Waals surface area contributed by atoms with E-state index in [0.29, 0.717) is 20.3 Å². The Morgan fingerprint density at radius 1 is 0.758 bits per heavy atom. The standard InChI is InChI=1S/C25H34Cl2N4S2/c1-3-5-15-25(4-2,18-29-24(33)31-22-13-9-20(27)10-14-22)16-6-17-28-23(32)30-21-11-7-19(26)8-12-21/h7-14H,3-6,15-18H2,1-2H3,(H2,28,30,32)(H2,29,31,33)/t25-/m0/s1. The van der Waals surface area contributed by atoms with Crippen molar-refractivity contribution in [1.82, 2.24) is 10.6 Å². The molecule has 0 aliphatic heterocycles. The molecule has 4 N–H and O–H groups in total. The molecule has 1 atom stereocenters. The van der Waals surface area contributed by atoms with Gasteiger partial charge in [-0.15, -0.1) is 0 Å². The summed E-state index contributed by atoms with van der Waals surface area (Å²) in [7, 11) is 0. The van der Waals surface area contributed by atoms with Crippen molar-refractivity contribution in [3.8, 4) is 0 Å². The second-order valence-electron chi connectivity index (χ2n) is 8.26. The third-order valence-corrected chi connectivity index (χ3v) is 6.80. The summed E-state index contributed by atoms with van der Waals surface area (Å²) in [6.45, 7) is 6.17. The highest BCUT2D eigenvalue weighted by Gasteiger charge is 2.27. The zero-order chi connectivity index (χ0) is 24.1. The fraction of sp³-hybridized carbons (Fsp3) is 0.440. The quantitative estimate of drug-likeness (QED) is 0.169. The van der Waals surface area contributed by atoms with Crippen LogP contribution in [0.5, 0.6) is 0 Å². The summed E-state index contributed by atoms with van der Waals surface area (Å²) < 4.78 is 0. The summed E-state index contributed by atoms with van der Waals surface area (Å²) in [6.07, 6.45) is 6.77. The molecule has 0 aliphatic rings. The van der Waals surface area contributed by atoms with Crippen LogP contribution >= 0.6 is 47.6 Å². The van der Waals surface area contributed by atoms with E-state index in [0.717, 1.165) is 43.7 Å². The minimum Gasteiger partial charge on any atom is -0.362 e. The smallest absolute Gasteiger partial charge is 0.170 e. The van der Waals surface area contributed by atoms with Crippen LogP contribution in [0.15, 0.2) is 48.5 Å². The van der Waals surface area contributed by atoms with Crippen LogP contribution in [0, 0.1) is 5.41 Å². The summed E-state index contributed by atoms with van der Waals surface area (Å²) in [5.74, 6) is 0. The topological polar surface area (TPSA) is 48.1 Å². The van der Waals surface area contributed by atoms with Gasteiger partial charge in [-0.25, -0.2) is 0 Å². The monoisotopic (exact) mass is 524 g/mol. The van der Waals surface area contributed by atoms with E-state index < -0.39 is 0 Å². The van der Waals surface area contributed by atoms with Gasteiger partial charge in [0.2, 0.25) is 0 Å². The van der Waals surface area contributed by atoms with Crippen molar-refractivity contribution in [2.45, 2.75) is 52.4 Å². The average molecular weight is 526 g/mol. The lowest BCUT2D eigenvalue weighted by molar-refractivity contribution is 0.218. The number of anilines is 2. The molecular formula is C25H34Cl2N4S2. The molecule has 0 amide bonds. The van der Waals surface area contributed by atoms with E-state index in [1.165, 1.54) is 19.3 Å². The van der Waals surface area contributed by atoms with Gasteiger partial charge in [0.1, 0.15) is 0 Å². The molecule has 0 fully saturated rings. The molecule has 0 saturated heterocycles. The van der Waals surface area contributed by atoms with Gasteiger partial charge < -0.3 is 21.3 Å². The first kappa shape index (κ1) is 27.6. The number of unbranched alkanes of at least 4 members (excludes halogenated alkanes) is 1. The maximum Gasteiger partial charge on any atom is 0.170 e. The lowest BCUT2D eigenvalue weighted by Gasteiger charge is -2.34. The lowest BCUT2D eigenvalue weighted by atomic mass is 9.76. The van der Waals surface area contributed by atoms with Gasteiger partial charge in [-0.1, -0.05) is 49.9 Å². The van der Waals surface area contributed by atoms with Crippen LogP contribution in [-0.4, -0.2) is 23.3 Å². The molecular weight excluding hydrogens is 491 g/mol. The van der Waals surface area contributed by atoms with Gasteiger partial charge in [0.15, 0.2) is 10.2 Å². The second-order valence-corrected chi connectivity index (χ2v) is 9.95. The van der Waals surface area contributed by atoms with Gasteiger partial charge in [-0.05, 0) is 104 Å². The maximum atomic E-state index is 5.96. The molecule has 0 bridgehead atoms. The first-order valence-corrected chi connectivity index (χ1v) is 13.0. The molecule has 0 saturated carbocycles. The molecule has 0 aliphatic carbocycles. The number of hydrogen-bond acceptors (Lipinski definition) is 2. The van der Waals surface area contributed by atoms with Crippen molar-refractivity contribution in [2.24, 2.45) is 5.41 Å². The number of halogens is 2. The molecule has 2 rings (SSSR count). The average Bonchev–Trinajstić information content (AvgIpc) is 2.81. The predicted molar refractivity (Wildman–Crippen MR) is 153 cm³/mol. The number of benzene rings is 2. The number of nitrogens with one attached hydrogen (secondary N) is 4. The minimum atomic E-state index is 0.189. The number of thiocarbonyl (C=S) groups is 2. The maximum absolute atomic E-state index is 5.96. The van der Waals surface area contributed by atoms with Crippen molar-refractivity contribution in [2.75, 3.05) is 23.7 Å². The summed E-state index contributed by atoms with van der Waals surface area (Å²) in [4.78, 5) is 0. The van der Waals surface area contributed by atoms with Gasteiger partial charge in [-0.3, -0.25) is 0 Å². The highest BCUT2D eigenvalue weighted by molar-refractivity contribution is 7.80. The third kappa shape index (κ3) is 10.5. The highest BCUT2D eigenvalue weighted by atomic mass is 35.5. The van der Waals surface area contributed by atoms with Crippen LogP contribution in [0.1, 0.15) is 52.4 Å². The molecule has 0 aromatic heterocycles. The Morgan fingerprint density at radius 2 is 1.24 bits per heavy atom. The van der Waals surface area contributed by atoms with Crippen molar-refractivity contribution >= 4 is 69.2 Å². The van der Waals surface area contributed by atoms with Gasteiger partial charge in [0, 0.05) is 34.5 Å². The first-order chi connectivity index (χ1) is 15.9. The molecule has 0 spiro atoms. The van der Waals surface area contributed by atoms with Crippen LogP contribution in [0.4, 0.5) is 11.4 Å². The Morgan fingerprint density at radius 3 is 1.73 bits per heavy atom. The van der Waals surface area contributed by atoms with Crippen LogP contribution in [0.2, 0.25) is 10.0 Å². The van der Waals surface area contributed by atoms with Crippen LogP contribution in [0.3, 0.4) is 0 Å². The van der Waals surface area contributed by atoms with Gasteiger partial charge in [0.05, 0.1) is 0 Å². The molecule has 2 aromatic carbocycles. The third-order valence-electron chi connectivity index (χ3n) is 5.81. The van der Waals surface area contributed by atoms with Crippen molar-refractivity contribution in [3.63, 3.8) is 0 Å². The van der Waals surface area contributed by atoms with E-state index in [1.54, 1.807) is 0 Å². The largest absolute Gasteiger partial charge is 0.362 e. The Bertz CT molecular complexity index is 875. The molecule has 0 radical (unpaired) electrons. The Kier molecular flexibility index (Phi) is 12.2. The molecule has 4 nitrogen and oxygen atoms in total. The molecule has 0 unspecified atom stereocenters. The summed E-state index contributed by atoms with van der Waals surface area (Å²) in [5, 5.41) is 15.9. The van der Waals surface area contributed by atoms with Crippen molar-refractivity contribution in [3.05, 3.63) is 58.6 Å². The number of rotatable bonds is 12. The van der Waals surface area contributed by atoms with Gasteiger partial charge in [0.25, 0.3) is 0 Å². The van der Waals surface area contributed by atoms with Crippen molar-refractivity contribution in [1.29, 1.82) is 0 Å². The van der Waals surface area contributed by atoms with E-state index in [1.807, 2.05) is 48.5 Å². The molecule has 180 valence electrons. The fourth-order valence-corrected chi connectivity index (χ4v) is 4.34. The number of hydrogen-bond donors (Lipinski definition) is 4. The first-order valence-electron chi connectivity index (χ1n) is 11.5. The van der Waals surface area contributed by atoms with Gasteiger partial charge in [-0.2, -0.15) is 0 Å². The molecule has 8 heteroatoms. The van der Waals surface area contributed by atoms with E-state index in [4.69, 9.17) is 47.6 Å². The van der Waals surface area contributed by atoms with Crippen LogP contribution in [0.25, 0.3) is 0 Å². The Hall–Kier alpha value is -1.60. The zero-order valence-electron chi connectivity index (χ0n) is 19.3. The predicted octanol–water partition coefficient (Wildman–Crippen LogP) is 7.63. The summed E-state index contributed by atoms with van der Waals surface area (Å²) in [5.41, 5.74) is 2.04. The molecule has 0 heterocycles. The summed E-state index contributed by atoms with van der Waals surface area (Å²) in [6, 6.07) is 15.1. The lowest BCUT2D eigenvalue weighted by Crippen LogP contribution is -2.40. The van der Waals surface area contributed by atoms with E-state index >= 15 is 0 Å². The van der Waals surface area contributed by atoms with E-state index in [-0.39, 0.29) is 5.41 Å². The van der Waals surface area contributed by atoms with Crippen LogP contribution < -0.4 is 21.3 Å². The zero-order valence-corrected chi connectivity index (χ0v) is 22.5. The SMILES string of the molecule is CCCC[C@@](CC)(CCCNC(=S)Nc1ccc(Cl)cc1)CNC(=S)Nc1ccc(Cl)cc1. The minimum absolute atomic E-state index is 0.189. The second kappa shape index (κ2) is 14.6. The van der Waals surface area contributed by atoms with Crippen LogP contribution in [-0.2, 0) is 0 Å². The highest BCUT2D eigenvalue weighted by Crippen LogP contribution is 2.33. The Labute approximate surface area is 219 Å². The van der Waals surface area contributed by atoms with E-state index in [9.17, 15) is 0 Å². The Balaban J connectivity index is 1.82. The molecule has 2 aromatic rings. The van der Waals surface area contributed by atoms with Crippen molar-refractivity contribution < 1.29 is 0 Å².